The first-order valence-electron chi connectivity index (χ1n) is 6.87. The van der Waals surface area contributed by atoms with Crippen LogP contribution in [0.1, 0.15) is 18.4 Å². The predicted octanol–water partition coefficient (Wildman–Crippen LogP) is 3.00. The van der Waals surface area contributed by atoms with E-state index in [9.17, 15) is 0 Å². The van der Waals surface area contributed by atoms with Crippen molar-refractivity contribution in [1.82, 2.24) is 5.32 Å². The second-order valence-electron chi connectivity index (χ2n) is 5.52. The number of nitrogens with one attached hydrogen (secondary N) is 1. The van der Waals surface area contributed by atoms with E-state index < -0.39 is 0 Å². The summed E-state index contributed by atoms with van der Waals surface area (Å²) in [5, 5.41) is 3.59. The molecular formula is C16H21NO. The van der Waals surface area contributed by atoms with Crippen LogP contribution in [0, 0.1) is 17.8 Å². The fourth-order valence-electron chi connectivity index (χ4n) is 3.31. The lowest BCUT2D eigenvalue weighted by Gasteiger charge is -2.18. The van der Waals surface area contributed by atoms with Crippen molar-refractivity contribution in [1.29, 1.82) is 0 Å². The van der Waals surface area contributed by atoms with Gasteiger partial charge in [-0.15, -0.1) is 0 Å². The summed E-state index contributed by atoms with van der Waals surface area (Å²) < 4.78 is 5.24. The minimum atomic E-state index is 0.841. The number of ether oxygens (including phenoxy) is 1. The van der Waals surface area contributed by atoms with E-state index in [0.29, 0.717) is 0 Å². The van der Waals surface area contributed by atoms with Gasteiger partial charge in [-0.25, -0.2) is 0 Å². The lowest BCUT2D eigenvalue weighted by atomic mass is 9.93. The molecule has 3 atom stereocenters. The average Bonchev–Trinajstić information content (AvgIpc) is 3.01. The van der Waals surface area contributed by atoms with Crippen LogP contribution in [-0.2, 0) is 6.54 Å². The van der Waals surface area contributed by atoms with Crippen LogP contribution >= 0.6 is 0 Å². The number of rotatable bonds is 5. The number of benzene rings is 1. The molecule has 96 valence electrons. The molecule has 2 nitrogen and oxygen atoms in total. The van der Waals surface area contributed by atoms with Gasteiger partial charge in [-0.2, -0.15) is 0 Å². The van der Waals surface area contributed by atoms with Gasteiger partial charge in [0.1, 0.15) is 5.75 Å². The predicted molar refractivity (Wildman–Crippen MR) is 73.5 cm³/mol. The SMILES string of the molecule is COc1cccc(CNCC2CC3C=CC2C3)c1. The van der Waals surface area contributed by atoms with Gasteiger partial charge in [-0.1, -0.05) is 24.3 Å². The largest absolute Gasteiger partial charge is 0.497 e. The zero-order chi connectivity index (χ0) is 12.4. The first-order valence-corrected chi connectivity index (χ1v) is 6.87. The summed E-state index contributed by atoms with van der Waals surface area (Å²) >= 11 is 0. The van der Waals surface area contributed by atoms with Crippen LogP contribution in [0.15, 0.2) is 36.4 Å². The maximum atomic E-state index is 5.24. The van der Waals surface area contributed by atoms with Crippen molar-refractivity contribution in [2.24, 2.45) is 17.8 Å². The Morgan fingerprint density at radius 3 is 2.94 bits per heavy atom. The molecule has 0 saturated heterocycles. The zero-order valence-corrected chi connectivity index (χ0v) is 10.9. The minimum absolute atomic E-state index is 0.841. The lowest BCUT2D eigenvalue weighted by molar-refractivity contribution is 0.409. The van der Waals surface area contributed by atoms with Crippen molar-refractivity contribution < 1.29 is 4.74 Å². The van der Waals surface area contributed by atoms with Crippen molar-refractivity contribution in [3.63, 3.8) is 0 Å². The van der Waals surface area contributed by atoms with Gasteiger partial charge < -0.3 is 10.1 Å². The molecule has 0 aromatic heterocycles. The van der Waals surface area contributed by atoms with Gasteiger partial charge in [0.2, 0.25) is 0 Å². The fraction of sp³-hybridized carbons (Fsp3) is 0.500. The van der Waals surface area contributed by atoms with Crippen molar-refractivity contribution in [3.8, 4) is 5.75 Å². The smallest absolute Gasteiger partial charge is 0.119 e. The number of hydrogen-bond donors (Lipinski definition) is 1. The van der Waals surface area contributed by atoms with Crippen molar-refractivity contribution in [2.45, 2.75) is 19.4 Å². The lowest BCUT2D eigenvalue weighted by Crippen LogP contribution is -2.25. The highest BCUT2D eigenvalue weighted by molar-refractivity contribution is 5.28. The molecular weight excluding hydrogens is 222 g/mol. The molecule has 18 heavy (non-hydrogen) atoms. The van der Waals surface area contributed by atoms with Crippen LogP contribution in [0.2, 0.25) is 0 Å². The Balaban J connectivity index is 1.48. The van der Waals surface area contributed by atoms with Crippen molar-refractivity contribution >= 4 is 0 Å². The molecule has 2 bridgehead atoms. The summed E-state index contributed by atoms with van der Waals surface area (Å²) in [5.41, 5.74) is 1.30. The highest BCUT2D eigenvalue weighted by Gasteiger charge is 2.34. The molecule has 1 N–H and O–H groups in total. The third-order valence-electron chi connectivity index (χ3n) is 4.29. The molecule has 0 amide bonds. The highest BCUT2D eigenvalue weighted by Crippen LogP contribution is 2.42. The third kappa shape index (κ3) is 2.44. The Kier molecular flexibility index (Phi) is 3.37. The first kappa shape index (κ1) is 11.8. The van der Waals surface area contributed by atoms with E-state index in [-0.39, 0.29) is 0 Å². The van der Waals surface area contributed by atoms with Crippen molar-refractivity contribution in [2.75, 3.05) is 13.7 Å². The maximum absolute atomic E-state index is 5.24. The van der Waals surface area contributed by atoms with E-state index in [0.717, 1.165) is 36.6 Å². The topological polar surface area (TPSA) is 21.3 Å². The normalized spacial score (nSPS) is 28.8. The molecule has 0 heterocycles. The monoisotopic (exact) mass is 243 g/mol. The van der Waals surface area contributed by atoms with Gasteiger partial charge in [-0.3, -0.25) is 0 Å². The van der Waals surface area contributed by atoms with E-state index in [1.54, 1.807) is 7.11 Å². The molecule has 1 fully saturated rings. The second-order valence-corrected chi connectivity index (χ2v) is 5.52. The molecule has 2 aliphatic carbocycles. The van der Waals surface area contributed by atoms with Crippen LogP contribution in [-0.4, -0.2) is 13.7 Å². The molecule has 3 unspecified atom stereocenters. The van der Waals surface area contributed by atoms with E-state index in [1.807, 2.05) is 6.07 Å². The number of fused-ring (bicyclic) bond motifs is 2. The number of methoxy groups -OCH3 is 1. The summed E-state index contributed by atoms with van der Waals surface area (Å²) in [4.78, 5) is 0. The first-order chi connectivity index (χ1) is 8.85. The van der Waals surface area contributed by atoms with Crippen LogP contribution in [0.25, 0.3) is 0 Å². The van der Waals surface area contributed by atoms with Gasteiger partial charge in [0, 0.05) is 6.54 Å². The van der Waals surface area contributed by atoms with Crippen LogP contribution in [0.3, 0.4) is 0 Å². The van der Waals surface area contributed by atoms with Crippen LogP contribution < -0.4 is 10.1 Å². The van der Waals surface area contributed by atoms with E-state index in [1.165, 1.54) is 18.4 Å². The molecule has 1 aromatic carbocycles. The summed E-state index contributed by atoms with van der Waals surface area (Å²) in [6, 6.07) is 8.30. The Morgan fingerprint density at radius 1 is 1.28 bits per heavy atom. The molecule has 0 aliphatic heterocycles. The van der Waals surface area contributed by atoms with Crippen LogP contribution in [0.5, 0.6) is 5.75 Å². The quantitative estimate of drug-likeness (QED) is 0.803. The highest BCUT2D eigenvalue weighted by atomic mass is 16.5. The van der Waals surface area contributed by atoms with Gasteiger partial charge in [0.05, 0.1) is 7.11 Å². The number of allylic oxidation sites excluding steroid dienone is 2. The van der Waals surface area contributed by atoms with Crippen molar-refractivity contribution in [3.05, 3.63) is 42.0 Å². The Bertz CT molecular complexity index is 440. The standard InChI is InChI=1S/C16H21NO/c1-18-16-4-2-3-13(9-16)10-17-11-15-8-12-5-6-14(15)7-12/h2-6,9,12,14-15,17H,7-8,10-11H2,1H3. The van der Waals surface area contributed by atoms with Gasteiger partial charge in [-0.05, 0) is 54.8 Å². The summed E-state index contributed by atoms with van der Waals surface area (Å²) in [6.07, 6.45) is 7.60. The van der Waals surface area contributed by atoms with E-state index >= 15 is 0 Å². The maximum Gasteiger partial charge on any atom is 0.119 e. The van der Waals surface area contributed by atoms with E-state index in [2.05, 4.69) is 35.7 Å². The zero-order valence-electron chi connectivity index (χ0n) is 10.9. The molecule has 0 spiro atoms. The Labute approximate surface area is 109 Å². The number of hydrogen-bond acceptors (Lipinski definition) is 2. The second kappa shape index (κ2) is 5.15. The molecule has 3 rings (SSSR count). The third-order valence-corrected chi connectivity index (χ3v) is 4.29. The molecule has 1 aromatic rings. The van der Waals surface area contributed by atoms with Gasteiger partial charge in [0.15, 0.2) is 0 Å². The minimum Gasteiger partial charge on any atom is -0.497 e. The molecule has 0 radical (unpaired) electrons. The average molecular weight is 243 g/mol. The van der Waals surface area contributed by atoms with Gasteiger partial charge in [0.25, 0.3) is 0 Å². The van der Waals surface area contributed by atoms with Crippen LogP contribution in [0.4, 0.5) is 0 Å². The molecule has 1 saturated carbocycles. The van der Waals surface area contributed by atoms with E-state index in [4.69, 9.17) is 4.74 Å². The van der Waals surface area contributed by atoms with Gasteiger partial charge >= 0.3 is 0 Å². The molecule has 2 aliphatic rings. The summed E-state index contributed by atoms with van der Waals surface area (Å²) in [5.74, 6) is 3.51. The Hall–Kier alpha value is -1.28. The summed E-state index contributed by atoms with van der Waals surface area (Å²) in [6.45, 7) is 2.08. The molecule has 2 heteroatoms. The fourth-order valence-corrected chi connectivity index (χ4v) is 3.31. The summed E-state index contributed by atoms with van der Waals surface area (Å²) in [7, 11) is 1.72. The Morgan fingerprint density at radius 2 is 2.22 bits per heavy atom.